The molecule has 0 saturated heterocycles. The minimum Gasteiger partial charge on any atom is -0.380 e. The van der Waals surface area contributed by atoms with E-state index in [4.69, 9.17) is 4.74 Å². The fourth-order valence-electron chi connectivity index (χ4n) is 2.49. The summed E-state index contributed by atoms with van der Waals surface area (Å²) >= 11 is 0. The Labute approximate surface area is 129 Å². The zero-order valence-corrected chi connectivity index (χ0v) is 12.4. The molecule has 112 valence electrons. The molecule has 1 heterocycles. The van der Waals surface area contributed by atoms with E-state index in [1.54, 1.807) is 7.11 Å². The first-order valence-corrected chi connectivity index (χ1v) is 7.19. The lowest BCUT2D eigenvalue weighted by Crippen LogP contribution is -2.23. The molecule has 22 heavy (non-hydrogen) atoms. The number of nitrogens with one attached hydrogen (secondary N) is 2. The summed E-state index contributed by atoms with van der Waals surface area (Å²) in [6.07, 6.45) is 0. The smallest absolute Gasteiger partial charge is 0.267 e. The number of H-pyrrole nitrogens is 1. The van der Waals surface area contributed by atoms with Crippen LogP contribution in [-0.4, -0.2) is 18.0 Å². The van der Waals surface area contributed by atoms with Crippen molar-refractivity contribution in [3.05, 3.63) is 71.4 Å². The van der Waals surface area contributed by atoms with E-state index in [0.717, 1.165) is 22.0 Å². The van der Waals surface area contributed by atoms with Crippen LogP contribution in [0, 0.1) is 0 Å². The maximum absolute atomic E-state index is 12.3. The molecule has 0 unspecified atom stereocenters. The zero-order chi connectivity index (χ0) is 15.4. The average Bonchev–Trinajstić information content (AvgIpc) is 2.98. The highest BCUT2D eigenvalue weighted by Crippen LogP contribution is 2.15. The lowest BCUT2D eigenvalue weighted by Gasteiger charge is -2.09. The molecule has 0 aliphatic heterocycles. The van der Waals surface area contributed by atoms with Crippen LogP contribution >= 0.6 is 0 Å². The van der Waals surface area contributed by atoms with E-state index in [9.17, 15) is 4.79 Å². The molecule has 2 N–H and O–H groups in total. The molecule has 0 radical (unpaired) electrons. The predicted molar refractivity (Wildman–Crippen MR) is 86.6 cm³/mol. The molecule has 0 atom stereocenters. The second kappa shape index (κ2) is 6.45. The van der Waals surface area contributed by atoms with E-state index in [2.05, 4.69) is 10.3 Å². The number of methoxy groups -OCH3 is 1. The number of carbonyl (C=O) groups excluding carboxylic acids is 1. The Kier molecular flexibility index (Phi) is 4.21. The number of aromatic amines is 1. The van der Waals surface area contributed by atoms with E-state index < -0.39 is 0 Å². The fraction of sp³-hybridized carbons (Fsp3) is 0.167. The van der Waals surface area contributed by atoms with Crippen molar-refractivity contribution in [3.8, 4) is 0 Å². The second-order valence-corrected chi connectivity index (χ2v) is 5.15. The summed E-state index contributed by atoms with van der Waals surface area (Å²) in [5.74, 6) is -0.108. The maximum atomic E-state index is 12.3. The standard InChI is InChI=1S/C18H18N2O2/c1-22-12-15-8-3-2-7-14(15)11-19-18(21)17-10-13-6-4-5-9-16(13)20-17/h2-10,20H,11-12H2,1H3,(H,19,21). The maximum Gasteiger partial charge on any atom is 0.267 e. The SMILES string of the molecule is COCc1ccccc1CNC(=O)c1cc2ccccc2[nH]1. The van der Waals surface area contributed by atoms with Crippen molar-refractivity contribution in [1.29, 1.82) is 0 Å². The highest BCUT2D eigenvalue weighted by Gasteiger charge is 2.10. The van der Waals surface area contributed by atoms with E-state index in [1.165, 1.54) is 0 Å². The number of ether oxygens (including phenoxy) is 1. The van der Waals surface area contributed by atoms with Crippen molar-refractivity contribution in [1.82, 2.24) is 10.3 Å². The highest BCUT2D eigenvalue weighted by atomic mass is 16.5. The number of hydrogen-bond acceptors (Lipinski definition) is 2. The minimum absolute atomic E-state index is 0.108. The predicted octanol–water partition coefficient (Wildman–Crippen LogP) is 3.24. The van der Waals surface area contributed by atoms with Crippen LogP contribution in [0.1, 0.15) is 21.6 Å². The van der Waals surface area contributed by atoms with Crippen LogP contribution in [-0.2, 0) is 17.9 Å². The van der Waals surface area contributed by atoms with E-state index in [1.807, 2.05) is 54.6 Å². The Morgan fingerprint density at radius 3 is 2.59 bits per heavy atom. The Bertz CT molecular complexity index is 759. The molecule has 0 aliphatic carbocycles. The summed E-state index contributed by atoms with van der Waals surface area (Å²) in [6.45, 7) is 1.02. The molecule has 3 aromatic rings. The summed E-state index contributed by atoms with van der Waals surface area (Å²) in [5.41, 5.74) is 3.69. The highest BCUT2D eigenvalue weighted by molar-refractivity contribution is 5.97. The van der Waals surface area contributed by atoms with Crippen molar-refractivity contribution in [2.24, 2.45) is 0 Å². The number of hydrogen-bond donors (Lipinski definition) is 2. The van der Waals surface area contributed by atoms with Gasteiger partial charge in [-0.1, -0.05) is 42.5 Å². The van der Waals surface area contributed by atoms with Gasteiger partial charge in [0, 0.05) is 24.6 Å². The Balaban J connectivity index is 1.72. The van der Waals surface area contributed by atoms with E-state index in [0.29, 0.717) is 18.8 Å². The average molecular weight is 294 g/mol. The van der Waals surface area contributed by atoms with Gasteiger partial charge in [-0.2, -0.15) is 0 Å². The van der Waals surface area contributed by atoms with Gasteiger partial charge >= 0.3 is 0 Å². The minimum atomic E-state index is -0.108. The first kappa shape index (κ1) is 14.4. The third-order valence-electron chi connectivity index (χ3n) is 3.63. The third-order valence-corrected chi connectivity index (χ3v) is 3.63. The van der Waals surface area contributed by atoms with Crippen LogP contribution < -0.4 is 5.32 Å². The lowest BCUT2D eigenvalue weighted by atomic mass is 10.1. The van der Waals surface area contributed by atoms with Crippen LogP contribution in [0.2, 0.25) is 0 Å². The number of rotatable bonds is 5. The van der Waals surface area contributed by atoms with Gasteiger partial charge in [0.1, 0.15) is 5.69 Å². The van der Waals surface area contributed by atoms with Gasteiger partial charge in [-0.05, 0) is 23.3 Å². The van der Waals surface area contributed by atoms with Crippen molar-refractivity contribution >= 4 is 16.8 Å². The van der Waals surface area contributed by atoms with Gasteiger partial charge in [-0.25, -0.2) is 0 Å². The quantitative estimate of drug-likeness (QED) is 0.759. The topological polar surface area (TPSA) is 54.1 Å². The molecule has 1 amide bonds. The van der Waals surface area contributed by atoms with E-state index >= 15 is 0 Å². The normalized spacial score (nSPS) is 10.8. The van der Waals surface area contributed by atoms with Crippen LogP contribution in [0.25, 0.3) is 10.9 Å². The van der Waals surface area contributed by atoms with Crippen molar-refractivity contribution in [2.75, 3.05) is 7.11 Å². The Morgan fingerprint density at radius 2 is 1.82 bits per heavy atom. The van der Waals surface area contributed by atoms with Crippen LogP contribution in [0.15, 0.2) is 54.6 Å². The molecule has 0 spiro atoms. The summed E-state index contributed by atoms with van der Waals surface area (Å²) in [5, 5.41) is 3.98. The van der Waals surface area contributed by atoms with Gasteiger partial charge in [0.05, 0.1) is 6.61 Å². The summed E-state index contributed by atoms with van der Waals surface area (Å²) in [4.78, 5) is 15.4. The number of amides is 1. The van der Waals surface area contributed by atoms with Crippen LogP contribution in [0.3, 0.4) is 0 Å². The molecule has 1 aromatic heterocycles. The largest absolute Gasteiger partial charge is 0.380 e. The van der Waals surface area contributed by atoms with Crippen molar-refractivity contribution in [3.63, 3.8) is 0 Å². The number of fused-ring (bicyclic) bond motifs is 1. The Morgan fingerprint density at radius 1 is 1.09 bits per heavy atom. The van der Waals surface area contributed by atoms with Gasteiger partial charge in [-0.15, -0.1) is 0 Å². The van der Waals surface area contributed by atoms with Crippen molar-refractivity contribution < 1.29 is 9.53 Å². The molecule has 2 aromatic carbocycles. The lowest BCUT2D eigenvalue weighted by molar-refractivity contribution is 0.0946. The summed E-state index contributed by atoms with van der Waals surface area (Å²) in [6, 6.07) is 17.7. The molecule has 0 aliphatic rings. The van der Waals surface area contributed by atoms with Gasteiger partial charge < -0.3 is 15.0 Å². The van der Waals surface area contributed by atoms with Gasteiger partial charge in [0.2, 0.25) is 0 Å². The van der Waals surface area contributed by atoms with Crippen LogP contribution in [0.4, 0.5) is 0 Å². The molecule has 0 fully saturated rings. The molecular formula is C18H18N2O2. The third kappa shape index (κ3) is 3.02. The Hall–Kier alpha value is -2.59. The van der Waals surface area contributed by atoms with Crippen molar-refractivity contribution in [2.45, 2.75) is 13.2 Å². The molecular weight excluding hydrogens is 276 g/mol. The first-order chi connectivity index (χ1) is 10.8. The van der Waals surface area contributed by atoms with E-state index in [-0.39, 0.29) is 5.91 Å². The summed E-state index contributed by atoms with van der Waals surface area (Å²) < 4.78 is 5.18. The molecule has 0 saturated carbocycles. The van der Waals surface area contributed by atoms with Gasteiger partial charge in [0.15, 0.2) is 0 Å². The van der Waals surface area contributed by atoms with Crippen LogP contribution in [0.5, 0.6) is 0 Å². The second-order valence-electron chi connectivity index (χ2n) is 5.15. The molecule has 0 bridgehead atoms. The number of aromatic nitrogens is 1. The monoisotopic (exact) mass is 294 g/mol. The number of carbonyl (C=O) groups is 1. The fourth-order valence-corrected chi connectivity index (χ4v) is 2.49. The molecule has 3 rings (SSSR count). The van der Waals surface area contributed by atoms with Gasteiger partial charge in [-0.3, -0.25) is 4.79 Å². The summed E-state index contributed by atoms with van der Waals surface area (Å²) in [7, 11) is 1.67. The zero-order valence-electron chi connectivity index (χ0n) is 12.4. The van der Waals surface area contributed by atoms with Gasteiger partial charge in [0.25, 0.3) is 5.91 Å². The molecule has 4 heteroatoms. The first-order valence-electron chi connectivity index (χ1n) is 7.19. The number of benzene rings is 2. The number of para-hydroxylation sites is 1. The molecule has 4 nitrogen and oxygen atoms in total.